The Balaban J connectivity index is 3.07. The van der Waals surface area contributed by atoms with Crippen LogP contribution >= 0.6 is 11.6 Å². The molecule has 0 saturated heterocycles. The van der Waals surface area contributed by atoms with Crippen molar-refractivity contribution >= 4 is 17.9 Å². The molecular weight excluding hydrogens is 217 g/mol. The third-order valence-electron chi connectivity index (χ3n) is 1.65. The molecule has 1 rings (SSSR count). The highest BCUT2D eigenvalue weighted by atomic mass is 35.5. The molecule has 0 aliphatic carbocycles. The topological polar surface area (TPSA) is 17.1 Å². The van der Waals surface area contributed by atoms with Crippen LogP contribution in [0.3, 0.4) is 0 Å². The third kappa shape index (κ3) is 2.48. The van der Waals surface area contributed by atoms with E-state index >= 15 is 0 Å². The van der Waals surface area contributed by atoms with Gasteiger partial charge in [0, 0.05) is 0 Å². The number of halogens is 4. The van der Waals surface area contributed by atoms with Crippen molar-refractivity contribution in [1.82, 2.24) is 0 Å². The predicted molar refractivity (Wildman–Crippen MR) is 46.1 cm³/mol. The minimum atomic E-state index is -4.41. The maximum atomic E-state index is 12.2. The highest BCUT2D eigenvalue weighted by molar-refractivity contribution is 6.27. The van der Waals surface area contributed by atoms with E-state index in [9.17, 15) is 18.0 Å². The maximum absolute atomic E-state index is 12.2. The Kier molecular flexibility index (Phi) is 3.16. The molecule has 0 bridgehead atoms. The van der Waals surface area contributed by atoms with E-state index in [1.165, 1.54) is 12.1 Å². The van der Waals surface area contributed by atoms with Crippen LogP contribution in [-0.2, 0) is 11.0 Å². The first kappa shape index (κ1) is 11.0. The van der Waals surface area contributed by atoms with Gasteiger partial charge in [-0.1, -0.05) is 12.1 Å². The summed E-state index contributed by atoms with van der Waals surface area (Å²) in [5.41, 5.74) is -0.654. The SMILES string of the molecule is O=CC(Cl)c1cccc(C(F)(F)F)c1. The molecule has 0 heterocycles. The normalized spacial score (nSPS) is 13.7. The number of hydrogen-bond donors (Lipinski definition) is 0. The first-order valence-electron chi connectivity index (χ1n) is 3.71. The Morgan fingerprint density at radius 2 is 2.00 bits per heavy atom. The van der Waals surface area contributed by atoms with E-state index in [1.54, 1.807) is 0 Å². The van der Waals surface area contributed by atoms with Crippen LogP contribution in [0.2, 0.25) is 0 Å². The first-order valence-corrected chi connectivity index (χ1v) is 4.15. The highest BCUT2D eigenvalue weighted by Gasteiger charge is 2.30. The van der Waals surface area contributed by atoms with E-state index in [-0.39, 0.29) is 5.56 Å². The van der Waals surface area contributed by atoms with Crippen molar-refractivity contribution in [1.29, 1.82) is 0 Å². The molecule has 0 aliphatic rings. The fraction of sp³-hybridized carbons (Fsp3) is 0.222. The van der Waals surface area contributed by atoms with Crippen molar-refractivity contribution in [2.45, 2.75) is 11.6 Å². The van der Waals surface area contributed by atoms with Crippen LogP contribution in [0.15, 0.2) is 24.3 Å². The van der Waals surface area contributed by atoms with E-state index in [4.69, 9.17) is 11.6 Å². The van der Waals surface area contributed by atoms with Gasteiger partial charge in [0.1, 0.15) is 11.7 Å². The summed E-state index contributed by atoms with van der Waals surface area (Å²) in [6.07, 6.45) is -4.02. The van der Waals surface area contributed by atoms with Gasteiger partial charge in [0.05, 0.1) is 5.56 Å². The lowest BCUT2D eigenvalue weighted by atomic mass is 10.1. The molecule has 5 heteroatoms. The number of benzene rings is 1. The van der Waals surface area contributed by atoms with Crippen molar-refractivity contribution < 1.29 is 18.0 Å². The second kappa shape index (κ2) is 4.00. The largest absolute Gasteiger partial charge is 0.416 e. The smallest absolute Gasteiger partial charge is 0.301 e. The van der Waals surface area contributed by atoms with Crippen molar-refractivity contribution in [2.24, 2.45) is 0 Å². The summed E-state index contributed by atoms with van der Waals surface area (Å²) in [7, 11) is 0. The fourth-order valence-electron chi connectivity index (χ4n) is 0.965. The van der Waals surface area contributed by atoms with Crippen LogP contribution in [0.25, 0.3) is 0 Å². The molecule has 0 aliphatic heterocycles. The van der Waals surface area contributed by atoms with Crippen molar-refractivity contribution in [2.75, 3.05) is 0 Å². The van der Waals surface area contributed by atoms with Crippen LogP contribution in [0.4, 0.5) is 13.2 Å². The van der Waals surface area contributed by atoms with Gasteiger partial charge in [-0.15, -0.1) is 11.6 Å². The number of hydrogen-bond acceptors (Lipinski definition) is 1. The highest BCUT2D eigenvalue weighted by Crippen LogP contribution is 2.31. The van der Waals surface area contributed by atoms with Gasteiger partial charge in [-0.25, -0.2) is 0 Å². The van der Waals surface area contributed by atoms with E-state index < -0.39 is 17.1 Å². The molecule has 1 aromatic carbocycles. The van der Waals surface area contributed by atoms with E-state index in [0.717, 1.165) is 12.1 Å². The Morgan fingerprint density at radius 3 is 2.50 bits per heavy atom. The lowest BCUT2D eigenvalue weighted by molar-refractivity contribution is -0.137. The van der Waals surface area contributed by atoms with Crippen molar-refractivity contribution in [3.63, 3.8) is 0 Å². The summed E-state index contributed by atoms with van der Waals surface area (Å²) < 4.78 is 36.6. The Hall–Kier alpha value is -1.03. The summed E-state index contributed by atoms with van der Waals surface area (Å²) in [5, 5.41) is -1.03. The molecular formula is C9H6ClF3O. The molecule has 14 heavy (non-hydrogen) atoms. The monoisotopic (exact) mass is 222 g/mol. The fourth-order valence-corrected chi connectivity index (χ4v) is 1.10. The zero-order valence-electron chi connectivity index (χ0n) is 6.88. The molecule has 1 unspecified atom stereocenters. The van der Waals surface area contributed by atoms with Gasteiger partial charge < -0.3 is 4.79 Å². The van der Waals surface area contributed by atoms with Crippen LogP contribution in [-0.4, -0.2) is 6.29 Å². The minimum Gasteiger partial charge on any atom is -0.301 e. The second-order valence-corrected chi connectivity index (χ2v) is 3.13. The van der Waals surface area contributed by atoms with Gasteiger partial charge in [0.25, 0.3) is 0 Å². The Bertz CT molecular complexity index is 335. The zero-order valence-corrected chi connectivity index (χ0v) is 7.64. The van der Waals surface area contributed by atoms with Gasteiger partial charge in [-0.05, 0) is 17.7 Å². The summed E-state index contributed by atoms with van der Waals surface area (Å²) in [6, 6.07) is 4.39. The van der Waals surface area contributed by atoms with Crippen LogP contribution in [0.1, 0.15) is 16.5 Å². The summed E-state index contributed by atoms with van der Waals surface area (Å²) in [5.74, 6) is 0. The number of aldehydes is 1. The maximum Gasteiger partial charge on any atom is 0.416 e. The second-order valence-electron chi connectivity index (χ2n) is 2.66. The van der Waals surface area contributed by atoms with E-state index in [0.29, 0.717) is 6.29 Å². The van der Waals surface area contributed by atoms with Gasteiger partial charge in [0.2, 0.25) is 0 Å². The molecule has 0 saturated carbocycles. The molecule has 0 fully saturated rings. The average Bonchev–Trinajstić information content (AvgIpc) is 2.15. The lowest BCUT2D eigenvalue weighted by Gasteiger charge is -2.08. The van der Waals surface area contributed by atoms with Gasteiger partial charge in [-0.2, -0.15) is 13.2 Å². The van der Waals surface area contributed by atoms with Crippen LogP contribution in [0, 0.1) is 0 Å². The minimum absolute atomic E-state index is 0.150. The predicted octanol–water partition coefficient (Wildman–Crippen LogP) is 3.18. The summed E-state index contributed by atoms with van der Waals surface area (Å²) >= 11 is 5.48. The molecule has 1 aromatic rings. The molecule has 1 atom stereocenters. The van der Waals surface area contributed by atoms with Crippen molar-refractivity contribution in [3.8, 4) is 0 Å². The quantitative estimate of drug-likeness (QED) is 0.555. The first-order chi connectivity index (χ1) is 6.45. The molecule has 76 valence electrons. The third-order valence-corrected chi connectivity index (χ3v) is 2.01. The molecule has 0 radical (unpaired) electrons. The Morgan fingerprint density at radius 1 is 1.36 bits per heavy atom. The number of carbonyl (C=O) groups excluding carboxylic acids is 1. The lowest BCUT2D eigenvalue weighted by Crippen LogP contribution is -2.05. The molecule has 0 N–H and O–H groups in total. The molecule has 1 nitrogen and oxygen atoms in total. The standard InChI is InChI=1S/C9H6ClF3O/c10-8(5-14)6-2-1-3-7(4-6)9(11,12)13/h1-5,8H. The van der Waals surface area contributed by atoms with Crippen LogP contribution < -0.4 is 0 Å². The van der Waals surface area contributed by atoms with Gasteiger partial charge in [0.15, 0.2) is 0 Å². The van der Waals surface area contributed by atoms with E-state index in [2.05, 4.69) is 0 Å². The van der Waals surface area contributed by atoms with Crippen molar-refractivity contribution in [3.05, 3.63) is 35.4 Å². The average molecular weight is 223 g/mol. The summed E-state index contributed by atoms with van der Waals surface area (Å²) in [4.78, 5) is 10.3. The molecule has 0 spiro atoms. The van der Waals surface area contributed by atoms with E-state index in [1.807, 2.05) is 0 Å². The molecule has 0 amide bonds. The Labute approximate surface area is 83.5 Å². The van der Waals surface area contributed by atoms with Gasteiger partial charge >= 0.3 is 6.18 Å². The van der Waals surface area contributed by atoms with Crippen LogP contribution in [0.5, 0.6) is 0 Å². The van der Waals surface area contributed by atoms with Gasteiger partial charge in [-0.3, -0.25) is 0 Å². The number of carbonyl (C=O) groups is 1. The number of rotatable bonds is 2. The summed E-state index contributed by atoms with van der Waals surface area (Å²) in [6.45, 7) is 0. The number of alkyl halides is 4. The molecule has 0 aromatic heterocycles. The zero-order chi connectivity index (χ0) is 10.8.